The molecule has 0 bridgehead atoms. The Hall–Kier alpha value is -2.21. The quantitative estimate of drug-likeness (QED) is 0.855. The maximum atomic E-state index is 13.1. The van der Waals surface area contributed by atoms with Crippen LogP contribution in [-0.4, -0.2) is 45.9 Å². The highest BCUT2D eigenvalue weighted by Crippen LogP contribution is 2.23. The van der Waals surface area contributed by atoms with Crippen LogP contribution >= 0.6 is 0 Å². The summed E-state index contributed by atoms with van der Waals surface area (Å²) in [4.78, 5) is 14.6. The van der Waals surface area contributed by atoms with Gasteiger partial charge in [-0.25, -0.2) is 4.39 Å². The normalized spacial score (nSPS) is 21.5. The fourth-order valence-corrected chi connectivity index (χ4v) is 3.00. The second-order valence-corrected chi connectivity index (χ2v) is 5.99. The van der Waals surface area contributed by atoms with Gasteiger partial charge in [-0.1, -0.05) is 0 Å². The zero-order valence-corrected chi connectivity index (χ0v) is 13.5. The van der Waals surface area contributed by atoms with E-state index in [2.05, 4.69) is 5.10 Å². The number of hydrogen-bond donors (Lipinski definition) is 0. The predicted molar refractivity (Wildman–Crippen MR) is 84.5 cm³/mol. The third-order valence-electron chi connectivity index (χ3n) is 4.14. The zero-order valence-electron chi connectivity index (χ0n) is 13.5. The van der Waals surface area contributed by atoms with Gasteiger partial charge in [0.25, 0.3) is 5.91 Å². The molecule has 6 heteroatoms. The standard InChI is InChI=1S/C17H20FN3O2/c1-11-9-23-10-12(2)21(11)17(22)15-8-16(20(3)19-15)13-4-6-14(18)7-5-13/h4-8,11-12H,9-10H2,1-3H3. The highest BCUT2D eigenvalue weighted by molar-refractivity contribution is 5.94. The molecule has 2 heterocycles. The maximum Gasteiger partial charge on any atom is 0.275 e. The van der Waals surface area contributed by atoms with Gasteiger partial charge in [-0.2, -0.15) is 5.10 Å². The Morgan fingerprint density at radius 2 is 1.83 bits per heavy atom. The van der Waals surface area contributed by atoms with Gasteiger partial charge in [0.05, 0.1) is 31.0 Å². The summed E-state index contributed by atoms with van der Waals surface area (Å²) in [6.45, 7) is 5.01. The van der Waals surface area contributed by atoms with E-state index in [9.17, 15) is 9.18 Å². The molecule has 2 unspecified atom stereocenters. The Bertz CT molecular complexity index is 701. The molecule has 3 rings (SSSR count). The molecule has 1 aromatic heterocycles. The molecule has 1 aliphatic rings. The molecule has 0 spiro atoms. The lowest BCUT2D eigenvalue weighted by Gasteiger charge is -2.38. The number of hydrogen-bond acceptors (Lipinski definition) is 3. The van der Waals surface area contributed by atoms with Crippen LogP contribution in [0.15, 0.2) is 30.3 Å². The number of amides is 1. The Morgan fingerprint density at radius 3 is 2.43 bits per heavy atom. The van der Waals surface area contributed by atoms with Crippen molar-refractivity contribution >= 4 is 5.91 Å². The third kappa shape index (κ3) is 2.99. The lowest BCUT2D eigenvalue weighted by atomic mass is 10.1. The van der Waals surface area contributed by atoms with Crippen LogP contribution in [0.3, 0.4) is 0 Å². The largest absolute Gasteiger partial charge is 0.377 e. The molecule has 2 atom stereocenters. The zero-order chi connectivity index (χ0) is 16.6. The third-order valence-corrected chi connectivity index (χ3v) is 4.14. The molecule has 0 aliphatic carbocycles. The van der Waals surface area contributed by atoms with Crippen LogP contribution in [0.1, 0.15) is 24.3 Å². The number of aryl methyl sites for hydroxylation is 1. The van der Waals surface area contributed by atoms with Crippen LogP contribution in [0.5, 0.6) is 0 Å². The van der Waals surface area contributed by atoms with E-state index in [0.29, 0.717) is 18.9 Å². The minimum absolute atomic E-state index is 0.0162. The van der Waals surface area contributed by atoms with Crippen molar-refractivity contribution in [2.45, 2.75) is 25.9 Å². The summed E-state index contributed by atoms with van der Waals surface area (Å²) in [5.41, 5.74) is 2.00. The SMILES string of the molecule is CC1COCC(C)N1C(=O)c1cc(-c2ccc(F)cc2)n(C)n1. The fraction of sp³-hybridized carbons (Fsp3) is 0.412. The first kappa shape index (κ1) is 15.7. The van der Waals surface area contributed by atoms with E-state index >= 15 is 0 Å². The lowest BCUT2D eigenvalue weighted by Crippen LogP contribution is -2.52. The molecule has 23 heavy (non-hydrogen) atoms. The molecule has 0 radical (unpaired) electrons. The number of benzene rings is 1. The van der Waals surface area contributed by atoms with Gasteiger partial charge in [0.1, 0.15) is 5.82 Å². The predicted octanol–water partition coefficient (Wildman–Crippen LogP) is 2.48. The minimum Gasteiger partial charge on any atom is -0.377 e. The molecule has 5 nitrogen and oxygen atoms in total. The van der Waals surface area contributed by atoms with Crippen molar-refractivity contribution in [2.75, 3.05) is 13.2 Å². The van der Waals surface area contributed by atoms with Gasteiger partial charge in [0.2, 0.25) is 0 Å². The molecule has 1 aliphatic heterocycles. The molecule has 1 aromatic carbocycles. The van der Waals surface area contributed by atoms with Crippen LogP contribution < -0.4 is 0 Å². The van der Waals surface area contributed by atoms with Crippen molar-refractivity contribution in [3.63, 3.8) is 0 Å². The number of ether oxygens (including phenoxy) is 1. The molecular weight excluding hydrogens is 297 g/mol. The summed E-state index contributed by atoms with van der Waals surface area (Å²) in [5, 5.41) is 4.34. The highest BCUT2D eigenvalue weighted by Gasteiger charge is 2.31. The number of rotatable bonds is 2. The number of aromatic nitrogens is 2. The molecule has 1 saturated heterocycles. The summed E-state index contributed by atoms with van der Waals surface area (Å²) in [6, 6.07) is 7.95. The van der Waals surface area contributed by atoms with Crippen molar-refractivity contribution in [1.82, 2.24) is 14.7 Å². The Kier molecular flexibility index (Phi) is 4.17. The van der Waals surface area contributed by atoms with E-state index < -0.39 is 0 Å². The molecule has 122 valence electrons. The van der Waals surface area contributed by atoms with Crippen molar-refractivity contribution < 1.29 is 13.9 Å². The number of morpholine rings is 1. The first-order valence-electron chi connectivity index (χ1n) is 7.67. The Labute approximate surface area is 134 Å². The number of carbonyl (C=O) groups excluding carboxylic acids is 1. The second kappa shape index (κ2) is 6.12. The van der Waals surface area contributed by atoms with Crippen molar-refractivity contribution in [3.05, 3.63) is 41.8 Å². The van der Waals surface area contributed by atoms with Crippen LogP contribution in [-0.2, 0) is 11.8 Å². The van der Waals surface area contributed by atoms with Crippen molar-refractivity contribution in [2.24, 2.45) is 7.05 Å². The van der Waals surface area contributed by atoms with Gasteiger partial charge in [-0.3, -0.25) is 9.48 Å². The van der Waals surface area contributed by atoms with Gasteiger partial charge >= 0.3 is 0 Å². The van der Waals surface area contributed by atoms with E-state index in [4.69, 9.17) is 4.74 Å². The first-order chi connectivity index (χ1) is 11.0. The van der Waals surface area contributed by atoms with Crippen LogP contribution in [0, 0.1) is 5.82 Å². The van der Waals surface area contributed by atoms with Crippen molar-refractivity contribution in [1.29, 1.82) is 0 Å². The average Bonchev–Trinajstić information content (AvgIpc) is 2.90. The van der Waals surface area contributed by atoms with Gasteiger partial charge in [0, 0.05) is 7.05 Å². The van der Waals surface area contributed by atoms with Crippen LogP contribution in [0.2, 0.25) is 0 Å². The Morgan fingerprint density at radius 1 is 1.22 bits per heavy atom. The summed E-state index contributed by atoms with van der Waals surface area (Å²) < 4.78 is 20.2. The molecule has 1 amide bonds. The van der Waals surface area contributed by atoms with Crippen LogP contribution in [0.4, 0.5) is 4.39 Å². The molecule has 1 fully saturated rings. The summed E-state index contributed by atoms with van der Waals surface area (Å²) in [6.07, 6.45) is 0. The van der Waals surface area contributed by atoms with Gasteiger partial charge < -0.3 is 9.64 Å². The van der Waals surface area contributed by atoms with E-state index in [1.165, 1.54) is 12.1 Å². The summed E-state index contributed by atoms with van der Waals surface area (Å²) >= 11 is 0. The van der Waals surface area contributed by atoms with E-state index in [1.807, 2.05) is 18.7 Å². The average molecular weight is 317 g/mol. The fourth-order valence-electron chi connectivity index (χ4n) is 3.00. The second-order valence-electron chi connectivity index (χ2n) is 5.99. The van der Waals surface area contributed by atoms with Crippen LogP contribution in [0.25, 0.3) is 11.3 Å². The monoisotopic (exact) mass is 317 g/mol. The Balaban J connectivity index is 1.90. The number of nitrogens with zero attached hydrogens (tertiary/aromatic N) is 3. The summed E-state index contributed by atoms with van der Waals surface area (Å²) in [7, 11) is 1.78. The van der Waals surface area contributed by atoms with E-state index in [0.717, 1.165) is 11.3 Å². The number of halogens is 1. The topological polar surface area (TPSA) is 47.4 Å². The molecule has 0 N–H and O–H groups in total. The van der Waals surface area contributed by atoms with Crippen molar-refractivity contribution in [3.8, 4) is 11.3 Å². The first-order valence-corrected chi connectivity index (χ1v) is 7.67. The molecular formula is C17H20FN3O2. The molecule has 0 saturated carbocycles. The number of carbonyl (C=O) groups is 1. The lowest BCUT2D eigenvalue weighted by molar-refractivity contribution is -0.0252. The smallest absolute Gasteiger partial charge is 0.275 e. The van der Waals surface area contributed by atoms with Gasteiger partial charge in [0.15, 0.2) is 5.69 Å². The highest BCUT2D eigenvalue weighted by atomic mass is 19.1. The summed E-state index contributed by atoms with van der Waals surface area (Å²) in [5.74, 6) is -0.388. The minimum atomic E-state index is -0.289. The van der Waals surface area contributed by atoms with E-state index in [-0.39, 0.29) is 23.8 Å². The van der Waals surface area contributed by atoms with Gasteiger partial charge in [-0.05, 0) is 49.7 Å². The van der Waals surface area contributed by atoms with Gasteiger partial charge in [-0.15, -0.1) is 0 Å². The van der Waals surface area contributed by atoms with E-state index in [1.54, 1.807) is 29.9 Å². The molecule has 2 aromatic rings. The maximum absolute atomic E-state index is 13.1.